The molecule has 0 bridgehead atoms. The summed E-state index contributed by atoms with van der Waals surface area (Å²) in [4.78, 5) is 37.9. The van der Waals surface area contributed by atoms with Gasteiger partial charge >= 0.3 is 17.9 Å². The molecule has 2 aromatic carbocycles. The Balaban J connectivity index is 2.60. The van der Waals surface area contributed by atoms with Gasteiger partial charge in [-0.2, -0.15) is 0 Å². The topological polar surface area (TPSA) is 78.9 Å². The van der Waals surface area contributed by atoms with E-state index in [9.17, 15) is 14.4 Å². The van der Waals surface area contributed by atoms with Crippen molar-refractivity contribution in [2.45, 2.75) is 26.4 Å². The van der Waals surface area contributed by atoms with E-state index in [4.69, 9.17) is 25.8 Å². The second-order valence-electron chi connectivity index (χ2n) is 8.16. The van der Waals surface area contributed by atoms with Crippen LogP contribution in [0.1, 0.15) is 51.8 Å². The number of rotatable bonds is 7. The third-order valence-corrected chi connectivity index (χ3v) is 5.44. The van der Waals surface area contributed by atoms with Gasteiger partial charge < -0.3 is 14.2 Å². The molecule has 0 spiro atoms. The number of ether oxygens (including phenoxy) is 3. The fourth-order valence-electron chi connectivity index (χ4n) is 2.81. The normalized spacial score (nSPS) is 12.1. The van der Waals surface area contributed by atoms with Crippen LogP contribution < -0.4 is 0 Å². The van der Waals surface area contributed by atoms with Gasteiger partial charge in [-0.1, -0.05) is 17.7 Å². The molecule has 32 heavy (non-hydrogen) atoms. The zero-order chi connectivity index (χ0) is 24.1. The van der Waals surface area contributed by atoms with Crippen molar-refractivity contribution < 1.29 is 28.6 Å². The maximum Gasteiger partial charge on any atom is 0.339 e. The minimum atomic E-state index is -0.767. The molecule has 0 radical (unpaired) electrons. The van der Waals surface area contributed by atoms with Crippen LogP contribution in [0.2, 0.25) is 5.02 Å². The lowest BCUT2D eigenvalue weighted by Crippen LogP contribution is -2.24. The maximum absolute atomic E-state index is 13.0. The van der Waals surface area contributed by atoms with Crippen LogP contribution in [0.25, 0.3) is 11.1 Å². The molecule has 0 fully saturated rings. The maximum atomic E-state index is 13.0. The van der Waals surface area contributed by atoms with E-state index in [1.165, 1.54) is 25.3 Å². The lowest BCUT2D eigenvalue weighted by molar-refractivity contribution is 0.00701. The minimum absolute atomic E-state index is 0.108. The van der Waals surface area contributed by atoms with E-state index in [0.717, 1.165) is 0 Å². The summed E-state index contributed by atoms with van der Waals surface area (Å²) in [6.45, 7) is 5.46. The molecule has 2 aromatic rings. The molecule has 0 aliphatic heterocycles. The summed E-state index contributed by atoms with van der Waals surface area (Å²) in [6, 6.07) is 9.15. The Kier molecular flexibility index (Phi) is 8.64. The van der Waals surface area contributed by atoms with Crippen molar-refractivity contribution in [1.82, 2.24) is 0 Å². The molecule has 1 atom stereocenters. The number of hydrogen-bond acceptors (Lipinski definition) is 6. The Bertz CT molecular complexity index is 1050. The van der Waals surface area contributed by atoms with E-state index in [0.29, 0.717) is 21.9 Å². The molecular weight excluding hydrogens is 452 g/mol. The first kappa shape index (κ1) is 25.6. The van der Waals surface area contributed by atoms with Crippen molar-refractivity contribution in [3.05, 3.63) is 58.1 Å². The van der Waals surface area contributed by atoms with Gasteiger partial charge in [0.15, 0.2) is 0 Å². The zero-order valence-electron chi connectivity index (χ0n) is 18.9. The summed E-state index contributed by atoms with van der Waals surface area (Å²) < 4.78 is 15.7. The lowest BCUT2D eigenvalue weighted by atomic mass is 9.93. The van der Waals surface area contributed by atoms with Crippen molar-refractivity contribution >= 4 is 45.9 Å². The highest BCUT2D eigenvalue weighted by Gasteiger charge is 2.25. The molecule has 0 N–H and O–H groups in total. The monoisotopic (exact) mass is 479 g/mol. The summed E-state index contributed by atoms with van der Waals surface area (Å²) in [7, 11) is 0.826. The van der Waals surface area contributed by atoms with Gasteiger partial charge in [-0.05, 0) is 62.2 Å². The van der Waals surface area contributed by atoms with Gasteiger partial charge in [0.05, 0.1) is 30.1 Å². The molecule has 0 saturated carbocycles. The standard InChI is InChI=1S/C24H27ClO6S/c1-24(2,3)31-23(28)20-13-15(21(26)30-11-12-32(5)6)7-9-17(20)19-14-16(25)8-10-18(19)22(27)29-4/h7-10,13-14H,5,11-12H2,1-4,6H3/p+1. The van der Waals surface area contributed by atoms with Crippen molar-refractivity contribution in [3.8, 4) is 11.1 Å². The van der Waals surface area contributed by atoms with Gasteiger partial charge in [0.25, 0.3) is 0 Å². The van der Waals surface area contributed by atoms with E-state index in [1.54, 1.807) is 39.0 Å². The second-order valence-corrected chi connectivity index (χ2v) is 10.8. The fourth-order valence-corrected chi connectivity index (χ4v) is 3.39. The lowest BCUT2D eigenvalue weighted by Gasteiger charge is -2.21. The highest BCUT2D eigenvalue weighted by molar-refractivity contribution is 7.93. The smallest absolute Gasteiger partial charge is 0.339 e. The predicted molar refractivity (Wildman–Crippen MR) is 130 cm³/mol. The molecule has 6 nitrogen and oxygen atoms in total. The SMILES string of the molecule is C=[SH+](C)CCOC(=O)c1ccc(-c2cc(Cl)ccc2C(=O)OC)c(C(=O)OC(C)(C)C)c1. The third kappa shape index (κ3) is 6.93. The first-order valence-electron chi connectivity index (χ1n) is 9.87. The molecule has 0 amide bonds. The summed E-state index contributed by atoms with van der Waals surface area (Å²) in [5.74, 6) is 2.82. The molecule has 0 saturated heterocycles. The van der Waals surface area contributed by atoms with E-state index < -0.39 is 34.0 Å². The van der Waals surface area contributed by atoms with Crippen molar-refractivity contribution in [2.75, 3.05) is 25.7 Å². The number of carbonyl (C=O) groups excluding carboxylic acids is 3. The molecule has 172 valence electrons. The Morgan fingerprint density at radius 3 is 2.25 bits per heavy atom. The average Bonchev–Trinajstić information content (AvgIpc) is 2.71. The molecular formula is C24H28ClO6S+. The van der Waals surface area contributed by atoms with Crippen LogP contribution in [0.4, 0.5) is 0 Å². The molecule has 0 aromatic heterocycles. The van der Waals surface area contributed by atoms with Crippen LogP contribution in [-0.4, -0.2) is 55.1 Å². The van der Waals surface area contributed by atoms with Crippen LogP contribution in [0.3, 0.4) is 0 Å². The number of thiol groups is 1. The number of hydrogen-bond donors (Lipinski definition) is 0. The molecule has 2 rings (SSSR count). The van der Waals surface area contributed by atoms with E-state index in [-0.39, 0.29) is 23.3 Å². The van der Waals surface area contributed by atoms with Gasteiger partial charge in [0.2, 0.25) is 0 Å². The summed E-state index contributed by atoms with van der Waals surface area (Å²) >= 11 is 6.17. The van der Waals surface area contributed by atoms with E-state index in [2.05, 4.69) is 5.87 Å². The van der Waals surface area contributed by atoms with Crippen LogP contribution in [0, 0.1) is 0 Å². The number of carbonyl (C=O) groups is 3. The quantitative estimate of drug-likeness (QED) is 0.193. The number of esters is 3. The van der Waals surface area contributed by atoms with Gasteiger partial charge in [0, 0.05) is 10.9 Å². The Hall–Kier alpha value is -2.64. The van der Waals surface area contributed by atoms with Crippen LogP contribution in [0.5, 0.6) is 0 Å². The van der Waals surface area contributed by atoms with Crippen molar-refractivity contribution in [2.24, 2.45) is 0 Å². The minimum Gasteiger partial charge on any atom is -0.465 e. The van der Waals surface area contributed by atoms with Crippen LogP contribution >= 0.6 is 11.6 Å². The summed E-state index contributed by atoms with van der Waals surface area (Å²) in [6.07, 6.45) is 1.99. The van der Waals surface area contributed by atoms with Gasteiger partial charge in [-0.25, -0.2) is 14.4 Å². The van der Waals surface area contributed by atoms with E-state index >= 15 is 0 Å². The number of halogens is 1. The average molecular weight is 480 g/mol. The van der Waals surface area contributed by atoms with Crippen LogP contribution in [0.15, 0.2) is 36.4 Å². The van der Waals surface area contributed by atoms with Gasteiger partial charge in [0.1, 0.15) is 18.0 Å². The van der Waals surface area contributed by atoms with Crippen molar-refractivity contribution in [1.29, 1.82) is 0 Å². The highest BCUT2D eigenvalue weighted by Crippen LogP contribution is 2.32. The third-order valence-electron chi connectivity index (χ3n) is 4.26. The first-order valence-corrected chi connectivity index (χ1v) is 12.4. The zero-order valence-corrected chi connectivity index (χ0v) is 20.5. The van der Waals surface area contributed by atoms with Gasteiger partial charge in [-0.3, -0.25) is 0 Å². The largest absolute Gasteiger partial charge is 0.465 e. The highest BCUT2D eigenvalue weighted by atomic mass is 35.5. The van der Waals surface area contributed by atoms with Crippen molar-refractivity contribution in [3.63, 3.8) is 0 Å². The Morgan fingerprint density at radius 1 is 0.969 bits per heavy atom. The van der Waals surface area contributed by atoms with E-state index in [1.807, 2.05) is 6.26 Å². The molecule has 1 unspecified atom stereocenters. The molecule has 0 aliphatic carbocycles. The first-order chi connectivity index (χ1) is 14.9. The number of methoxy groups -OCH3 is 1. The summed E-state index contributed by atoms with van der Waals surface area (Å²) in [5.41, 5.74) is 0.533. The fraction of sp³-hybridized carbons (Fsp3) is 0.333. The summed E-state index contributed by atoms with van der Waals surface area (Å²) in [5, 5.41) is 0.371. The predicted octanol–water partition coefficient (Wildman–Crippen LogP) is 4.32. The molecule has 8 heteroatoms. The molecule has 0 aliphatic rings. The Labute approximate surface area is 195 Å². The van der Waals surface area contributed by atoms with Gasteiger partial charge in [-0.15, -0.1) is 10.5 Å². The molecule has 0 heterocycles. The Morgan fingerprint density at radius 2 is 1.66 bits per heavy atom. The number of benzene rings is 2. The second kappa shape index (κ2) is 10.8. The van der Waals surface area contributed by atoms with Crippen LogP contribution in [-0.2, 0) is 24.7 Å².